The molecule has 2 fully saturated rings. The zero-order valence-corrected chi connectivity index (χ0v) is 29.9. The van der Waals surface area contributed by atoms with Gasteiger partial charge in [-0.3, -0.25) is 0 Å². The van der Waals surface area contributed by atoms with Crippen molar-refractivity contribution in [1.29, 1.82) is 0 Å². The van der Waals surface area contributed by atoms with E-state index in [9.17, 15) is 4.79 Å². The Bertz CT molecular complexity index is 1520. The van der Waals surface area contributed by atoms with E-state index in [-0.39, 0.29) is 23.4 Å². The van der Waals surface area contributed by atoms with Gasteiger partial charge in [0.15, 0.2) is 0 Å². The van der Waals surface area contributed by atoms with Gasteiger partial charge in [0.25, 0.3) is 0 Å². The van der Waals surface area contributed by atoms with E-state index in [1.54, 1.807) is 6.20 Å². The number of carbonyl (C=O) groups is 1. The third kappa shape index (κ3) is 7.87. The lowest BCUT2D eigenvalue weighted by Gasteiger charge is -2.43. The molecular formula is C31H46ClN7O4SSi. The summed E-state index contributed by atoms with van der Waals surface area (Å²) in [5, 5.41) is 9.25. The van der Waals surface area contributed by atoms with Gasteiger partial charge in [-0.1, -0.05) is 43.0 Å². The molecule has 0 saturated carbocycles. The summed E-state index contributed by atoms with van der Waals surface area (Å²) in [5.74, 6) is 1.17. The highest BCUT2D eigenvalue weighted by atomic mass is 35.5. The molecule has 5 rings (SSSR count). The number of nitrogen functional groups attached to an aromatic ring is 1. The number of hydrogen-bond donors (Lipinski definition) is 2. The molecule has 3 aromatic heterocycles. The number of piperidine rings is 1. The number of hydrogen-bond acceptors (Lipinski definition) is 10. The average Bonchev–Trinajstić information content (AvgIpc) is 3.50. The summed E-state index contributed by atoms with van der Waals surface area (Å²) in [6, 6.07) is 2.80. The third-order valence-electron chi connectivity index (χ3n) is 8.42. The van der Waals surface area contributed by atoms with Crippen LogP contribution in [-0.2, 0) is 20.9 Å². The van der Waals surface area contributed by atoms with Crippen LogP contribution in [0.3, 0.4) is 0 Å². The highest BCUT2D eigenvalue weighted by molar-refractivity contribution is 7.99. The van der Waals surface area contributed by atoms with Gasteiger partial charge in [0.2, 0.25) is 0 Å². The van der Waals surface area contributed by atoms with Crippen molar-refractivity contribution in [3.05, 3.63) is 29.7 Å². The number of nitrogens with zero attached hydrogens (tertiary/aromatic N) is 5. The molecule has 0 radical (unpaired) electrons. The van der Waals surface area contributed by atoms with Crippen molar-refractivity contribution in [1.82, 2.24) is 25.1 Å². The zero-order chi connectivity index (χ0) is 32.6. The van der Waals surface area contributed by atoms with Crippen LogP contribution in [-0.4, -0.2) is 78.0 Å². The number of carbonyl (C=O) groups excluding carboxylic acids is 1. The van der Waals surface area contributed by atoms with Crippen LogP contribution in [0.5, 0.6) is 0 Å². The Kier molecular flexibility index (Phi) is 9.95. The van der Waals surface area contributed by atoms with Crippen molar-refractivity contribution in [2.24, 2.45) is 5.41 Å². The molecule has 246 valence electrons. The second kappa shape index (κ2) is 13.3. The molecule has 3 N–H and O–H groups in total. The van der Waals surface area contributed by atoms with Crippen molar-refractivity contribution in [2.75, 3.05) is 36.9 Å². The molecule has 2 aliphatic rings. The number of pyridine rings is 2. The fourth-order valence-corrected chi connectivity index (χ4v) is 7.92. The summed E-state index contributed by atoms with van der Waals surface area (Å²) in [6.07, 6.45) is 6.60. The van der Waals surface area contributed by atoms with E-state index in [0.717, 1.165) is 58.5 Å². The monoisotopic (exact) mass is 675 g/mol. The van der Waals surface area contributed by atoms with E-state index >= 15 is 0 Å². The number of aromatic nitrogens is 4. The number of fused-ring (bicyclic) bond motifs is 1. The largest absolute Gasteiger partial charge is 0.444 e. The van der Waals surface area contributed by atoms with Crippen LogP contribution in [0.4, 0.5) is 16.4 Å². The summed E-state index contributed by atoms with van der Waals surface area (Å²) in [5.41, 5.74) is 6.20. The number of nitrogens with one attached hydrogen (secondary N) is 1. The van der Waals surface area contributed by atoms with Crippen LogP contribution >= 0.6 is 23.4 Å². The van der Waals surface area contributed by atoms with Crippen LogP contribution in [0.2, 0.25) is 30.7 Å². The highest BCUT2D eigenvalue weighted by Crippen LogP contribution is 2.45. The molecule has 0 aromatic carbocycles. The molecule has 1 amide bonds. The Morgan fingerprint density at radius 1 is 1.22 bits per heavy atom. The summed E-state index contributed by atoms with van der Waals surface area (Å²) in [4.78, 5) is 25.8. The van der Waals surface area contributed by atoms with E-state index < -0.39 is 19.8 Å². The van der Waals surface area contributed by atoms with Gasteiger partial charge >= 0.3 is 6.09 Å². The Balaban J connectivity index is 1.39. The normalized spacial score (nSPS) is 20.2. The molecule has 0 aliphatic carbocycles. The van der Waals surface area contributed by atoms with Gasteiger partial charge in [-0.05, 0) is 52.6 Å². The molecule has 1 spiro atoms. The average molecular weight is 676 g/mol. The molecule has 3 aromatic rings. The number of alkyl carbamates (subject to hydrolysis) is 1. The summed E-state index contributed by atoms with van der Waals surface area (Å²) < 4.78 is 19.7. The smallest absolute Gasteiger partial charge is 0.407 e. The first-order chi connectivity index (χ1) is 21.2. The van der Waals surface area contributed by atoms with Gasteiger partial charge < -0.3 is 30.2 Å². The van der Waals surface area contributed by atoms with Crippen molar-refractivity contribution in [3.63, 3.8) is 0 Å². The first-order valence-electron chi connectivity index (χ1n) is 15.5. The number of nitrogens with two attached hydrogens (primary N) is 1. The Morgan fingerprint density at radius 2 is 1.96 bits per heavy atom. The van der Waals surface area contributed by atoms with Gasteiger partial charge in [0, 0.05) is 50.5 Å². The van der Waals surface area contributed by atoms with E-state index in [0.29, 0.717) is 25.0 Å². The minimum atomic E-state index is -1.23. The standard InChI is InChI=1S/C31H46ClN7O4SSi/c1-20-26(37-29(40)43-30(2,3)4)31(18-42-20)9-12-38(13-10-31)28-21-16-36-39(19-41-14-15-45(5,6)7)25(21)23(17-35-28)44-22-8-11-34-27(33)24(22)32/h8,11,16-17,20,26H,9-10,12-15,18-19H2,1-7H3,(H2,33,34)(H,37,40)/t20-,26+/m0/s1. The number of halogens is 1. The predicted molar refractivity (Wildman–Crippen MR) is 182 cm³/mol. The van der Waals surface area contributed by atoms with Gasteiger partial charge in [0.1, 0.15) is 24.0 Å². The summed E-state index contributed by atoms with van der Waals surface area (Å²) >= 11 is 8.02. The maximum absolute atomic E-state index is 12.7. The maximum Gasteiger partial charge on any atom is 0.407 e. The lowest BCUT2D eigenvalue weighted by Crippen LogP contribution is -2.55. The van der Waals surface area contributed by atoms with E-state index in [1.165, 1.54) is 11.8 Å². The van der Waals surface area contributed by atoms with Crippen molar-refractivity contribution < 1.29 is 19.0 Å². The van der Waals surface area contributed by atoms with Crippen LogP contribution in [0.15, 0.2) is 34.4 Å². The molecule has 2 saturated heterocycles. The first kappa shape index (κ1) is 33.8. The van der Waals surface area contributed by atoms with Gasteiger partial charge in [-0.2, -0.15) is 5.10 Å². The Hall–Kier alpha value is -2.58. The minimum absolute atomic E-state index is 0.0987. The molecule has 45 heavy (non-hydrogen) atoms. The van der Waals surface area contributed by atoms with E-state index in [4.69, 9.17) is 41.6 Å². The molecule has 11 nitrogen and oxygen atoms in total. The van der Waals surface area contributed by atoms with Gasteiger partial charge in [-0.25, -0.2) is 19.4 Å². The minimum Gasteiger partial charge on any atom is -0.444 e. The van der Waals surface area contributed by atoms with Crippen LogP contribution in [0.25, 0.3) is 10.9 Å². The van der Waals surface area contributed by atoms with Crippen molar-refractivity contribution in [2.45, 2.75) is 100 Å². The van der Waals surface area contributed by atoms with Crippen LogP contribution in [0, 0.1) is 5.41 Å². The maximum atomic E-state index is 12.7. The van der Waals surface area contributed by atoms with E-state index in [1.807, 2.05) is 50.8 Å². The molecule has 5 heterocycles. The fourth-order valence-electron chi connectivity index (χ4n) is 5.96. The molecule has 2 aliphatic heterocycles. The molecule has 14 heteroatoms. The summed E-state index contributed by atoms with van der Waals surface area (Å²) in [7, 11) is -1.23. The number of anilines is 2. The molecular weight excluding hydrogens is 630 g/mol. The number of amides is 1. The first-order valence-corrected chi connectivity index (χ1v) is 20.4. The molecule has 0 bridgehead atoms. The lowest BCUT2D eigenvalue weighted by atomic mass is 9.73. The van der Waals surface area contributed by atoms with E-state index in [2.05, 4.69) is 34.8 Å². The quantitative estimate of drug-likeness (QED) is 0.193. The topological polar surface area (TPSA) is 130 Å². The molecule has 2 atom stereocenters. The molecule has 0 unspecified atom stereocenters. The van der Waals surface area contributed by atoms with Gasteiger partial charge in [-0.15, -0.1) is 0 Å². The van der Waals surface area contributed by atoms with Crippen molar-refractivity contribution >= 4 is 60.1 Å². The zero-order valence-electron chi connectivity index (χ0n) is 27.4. The second-order valence-electron chi connectivity index (χ2n) is 14.3. The fraction of sp³-hybridized carbons (Fsp3) is 0.613. The SMILES string of the molecule is C[C@@H]1OCC2(CCN(c3ncc(Sc4ccnc(N)c4Cl)c4c3cnn4COCC[Si](C)(C)C)CC2)[C@@H]1NC(=O)OC(C)(C)C. The number of ether oxygens (including phenoxy) is 3. The van der Waals surface area contributed by atoms with Crippen molar-refractivity contribution in [3.8, 4) is 0 Å². The van der Waals surface area contributed by atoms with Crippen LogP contribution in [0.1, 0.15) is 40.5 Å². The van der Waals surface area contributed by atoms with Crippen LogP contribution < -0.4 is 16.0 Å². The lowest BCUT2D eigenvalue weighted by molar-refractivity contribution is 0.0434. The highest BCUT2D eigenvalue weighted by Gasteiger charge is 2.50. The van der Waals surface area contributed by atoms with Gasteiger partial charge in [0.05, 0.1) is 45.8 Å². The Labute approximate surface area is 275 Å². The second-order valence-corrected chi connectivity index (χ2v) is 21.4. The predicted octanol–water partition coefficient (Wildman–Crippen LogP) is 6.42. The third-order valence-corrected chi connectivity index (χ3v) is 11.7. The Morgan fingerprint density at radius 3 is 2.64 bits per heavy atom. The summed E-state index contributed by atoms with van der Waals surface area (Å²) in [6.45, 7) is 17.8. The number of rotatable bonds is 9.